The zero-order valence-electron chi connectivity index (χ0n) is 10.5. The highest BCUT2D eigenvalue weighted by Crippen LogP contribution is 2.15. The van der Waals surface area contributed by atoms with E-state index in [1.54, 1.807) is 0 Å². The summed E-state index contributed by atoms with van der Waals surface area (Å²) in [6.45, 7) is 1.88. The minimum absolute atomic E-state index is 0.0736. The standard InChI is InChI=1S/C13H13N5O/c1-8-6-7-11(19)17-12(14-8)18-13-15-9-4-2-3-5-10(9)16-13/h2-5H,6-7H2,1H3,(H2,15,16,17,18,19). The van der Waals surface area contributed by atoms with E-state index in [9.17, 15) is 4.79 Å². The van der Waals surface area contributed by atoms with Crippen molar-refractivity contribution in [1.29, 1.82) is 0 Å². The monoisotopic (exact) mass is 255 g/mol. The van der Waals surface area contributed by atoms with Crippen LogP contribution in [0.4, 0.5) is 5.95 Å². The fraction of sp³-hybridized carbons (Fsp3) is 0.231. The number of benzene rings is 1. The molecule has 2 N–H and O–H groups in total. The maximum absolute atomic E-state index is 11.5. The number of nitrogens with zero attached hydrogens (tertiary/aromatic N) is 3. The van der Waals surface area contributed by atoms with Crippen LogP contribution < -0.4 is 5.32 Å². The highest BCUT2D eigenvalue weighted by atomic mass is 16.1. The molecule has 0 fully saturated rings. The summed E-state index contributed by atoms with van der Waals surface area (Å²) in [5.74, 6) is 0.657. The van der Waals surface area contributed by atoms with Gasteiger partial charge in [-0.2, -0.15) is 4.99 Å². The number of guanidine groups is 1. The Balaban J connectivity index is 1.99. The Morgan fingerprint density at radius 3 is 2.95 bits per heavy atom. The lowest BCUT2D eigenvalue weighted by molar-refractivity contribution is -0.119. The number of rotatable bonds is 1. The largest absolute Gasteiger partial charge is 0.322 e. The second-order valence-electron chi connectivity index (χ2n) is 4.41. The third kappa shape index (κ3) is 2.52. The first kappa shape index (κ1) is 11.6. The summed E-state index contributed by atoms with van der Waals surface area (Å²) in [6, 6.07) is 7.66. The molecule has 1 aliphatic rings. The zero-order chi connectivity index (χ0) is 13.2. The molecule has 96 valence electrons. The van der Waals surface area contributed by atoms with Gasteiger partial charge >= 0.3 is 0 Å². The molecule has 0 aliphatic carbocycles. The molecule has 1 aromatic heterocycles. The molecule has 0 saturated carbocycles. The van der Waals surface area contributed by atoms with Gasteiger partial charge in [0.1, 0.15) is 0 Å². The highest BCUT2D eigenvalue weighted by Gasteiger charge is 2.12. The number of aromatic amines is 1. The number of aliphatic imine (C=N–C) groups is 2. The summed E-state index contributed by atoms with van der Waals surface area (Å²) in [6.07, 6.45) is 1.10. The van der Waals surface area contributed by atoms with Crippen molar-refractivity contribution in [3.8, 4) is 0 Å². The van der Waals surface area contributed by atoms with Crippen LogP contribution in [0.15, 0.2) is 34.3 Å². The van der Waals surface area contributed by atoms with Crippen molar-refractivity contribution < 1.29 is 4.79 Å². The van der Waals surface area contributed by atoms with Crippen LogP contribution in [0.5, 0.6) is 0 Å². The molecule has 0 atom stereocenters. The molecule has 0 radical (unpaired) electrons. The molecule has 6 nitrogen and oxygen atoms in total. The lowest BCUT2D eigenvalue weighted by Crippen LogP contribution is -2.27. The van der Waals surface area contributed by atoms with Crippen LogP contribution in [0.25, 0.3) is 11.0 Å². The van der Waals surface area contributed by atoms with Crippen LogP contribution in [0.3, 0.4) is 0 Å². The predicted octanol–water partition coefficient (Wildman–Crippen LogP) is 1.92. The number of nitrogens with one attached hydrogen (secondary N) is 2. The Kier molecular flexibility index (Phi) is 2.83. The van der Waals surface area contributed by atoms with Crippen LogP contribution in [0.1, 0.15) is 19.8 Å². The number of fused-ring (bicyclic) bond motifs is 1. The van der Waals surface area contributed by atoms with Crippen molar-refractivity contribution in [3.05, 3.63) is 24.3 Å². The molecule has 0 spiro atoms. The fourth-order valence-electron chi connectivity index (χ4n) is 1.89. The Hall–Kier alpha value is -2.50. The van der Waals surface area contributed by atoms with Crippen molar-refractivity contribution in [2.24, 2.45) is 9.98 Å². The summed E-state index contributed by atoms with van der Waals surface area (Å²) in [4.78, 5) is 27.4. The Labute approximate surface area is 109 Å². The molecule has 1 amide bonds. The normalized spacial score (nSPS) is 18.3. The molecule has 1 aromatic carbocycles. The van der Waals surface area contributed by atoms with E-state index in [0.717, 1.165) is 16.7 Å². The zero-order valence-corrected chi connectivity index (χ0v) is 10.5. The van der Waals surface area contributed by atoms with E-state index < -0.39 is 0 Å². The first-order valence-electron chi connectivity index (χ1n) is 6.08. The summed E-state index contributed by atoms with van der Waals surface area (Å²) in [5, 5.41) is 2.67. The summed E-state index contributed by atoms with van der Waals surface area (Å²) >= 11 is 0. The quantitative estimate of drug-likeness (QED) is 0.816. The SMILES string of the molecule is CC1=N/C(=N\c2nc3ccccc3[nH]2)NC(=O)CC1. The molecular weight excluding hydrogens is 242 g/mol. The van der Waals surface area contributed by atoms with Gasteiger partial charge in [-0.25, -0.2) is 9.98 Å². The molecule has 1 aliphatic heterocycles. The van der Waals surface area contributed by atoms with Gasteiger partial charge < -0.3 is 4.98 Å². The number of carbonyl (C=O) groups is 1. The molecule has 3 rings (SSSR count). The van der Waals surface area contributed by atoms with Gasteiger partial charge in [0.25, 0.3) is 0 Å². The number of amides is 1. The smallest absolute Gasteiger partial charge is 0.232 e. The number of hydrogen-bond acceptors (Lipinski definition) is 3. The minimum Gasteiger partial charge on any atom is -0.322 e. The van der Waals surface area contributed by atoms with Crippen LogP contribution in [0, 0.1) is 0 Å². The number of para-hydroxylation sites is 2. The van der Waals surface area contributed by atoms with E-state index in [4.69, 9.17) is 0 Å². The van der Waals surface area contributed by atoms with Gasteiger partial charge in [-0.05, 0) is 25.5 Å². The van der Waals surface area contributed by atoms with Gasteiger partial charge in [0.05, 0.1) is 11.0 Å². The first-order valence-corrected chi connectivity index (χ1v) is 6.08. The van der Waals surface area contributed by atoms with Crippen molar-refractivity contribution in [1.82, 2.24) is 15.3 Å². The molecule has 2 aromatic rings. The third-order valence-electron chi connectivity index (χ3n) is 2.85. The maximum Gasteiger partial charge on any atom is 0.232 e. The van der Waals surface area contributed by atoms with E-state index in [1.165, 1.54) is 0 Å². The fourth-order valence-corrected chi connectivity index (χ4v) is 1.89. The van der Waals surface area contributed by atoms with Gasteiger partial charge in [0.2, 0.25) is 17.8 Å². The van der Waals surface area contributed by atoms with E-state index in [1.807, 2.05) is 31.2 Å². The van der Waals surface area contributed by atoms with Gasteiger partial charge in [-0.1, -0.05) is 12.1 Å². The maximum atomic E-state index is 11.5. The molecular formula is C13H13N5O. The number of imidazole rings is 1. The van der Waals surface area contributed by atoms with Crippen LogP contribution in [-0.2, 0) is 4.79 Å². The molecule has 6 heteroatoms. The van der Waals surface area contributed by atoms with Crippen LogP contribution >= 0.6 is 0 Å². The van der Waals surface area contributed by atoms with Crippen molar-refractivity contribution in [2.45, 2.75) is 19.8 Å². The van der Waals surface area contributed by atoms with E-state index in [-0.39, 0.29) is 5.91 Å². The minimum atomic E-state index is -0.0736. The average Bonchev–Trinajstić information content (AvgIpc) is 2.70. The Morgan fingerprint density at radius 1 is 1.26 bits per heavy atom. The van der Waals surface area contributed by atoms with Crippen molar-refractivity contribution in [2.75, 3.05) is 0 Å². The number of aromatic nitrogens is 2. The molecule has 0 saturated heterocycles. The van der Waals surface area contributed by atoms with Crippen LogP contribution in [0.2, 0.25) is 0 Å². The second kappa shape index (κ2) is 4.64. The topological polar surface area (TPSA) is 82.5 Å². The summed E-state index contributed by atoms with van der Waals surface area (Å²) in [5.41, 5.74) is 2.62. The number of H-pyrrole nitrogens is 1. The predicted molar refractivity (Wildman–Crippen MR) is 73.7 cm³/mol. The lowest BCUT2D eigenvalue weighted by atomic mass is 10.2. The first-order chi connectivity index (χ1) is 9.20. The van der Waals surface area contributed by atoms with Gasteiger partial charge in [0, 0.05) is 12.1 Å². The number of hydrogen-bond donors (Lipinski definition) is 2. The third-order valence-corrected chi connectivity index (χ3v) is 2.85. The molecule has 0 bridgehead atoms. The van der Waals surface area contributed by atoms with Gasteiger partial charge in [-0.3, -0.25) is 10.1 Å². The summed E-state index contributed by atoms with van der Waals surface area (Å²) in [7, 11) is 0. The van der Waals surface area contributed by atoms with Gasteiger partial charge in [-0.15, -0.1) is 0 Å². The van der Waals surface area contributed by atoms with E-state index >= 15 is 0 Å². The van der Waals surface area contributed by atoms with Crippen molar-refractivity contribution in [3.63, 3.8) is 0 Å². The lowest BCUT2D eigenvalue weighted by Gasteiger charge is -1.98. The average molecular weight is 255 g/mol. The highest BCUT2D eigenvalue weighted by molar-refractivity contribution is 6.07. The number of carbonyl (C=O) groups excluding carboxylic acids is 1. The molecule has 19 heavy (non-hydrogen) atoms. The second-order valence-corrected chi connectivity index (χ2v) is 4.41. The Morgan fingerprint density at radius 2 is 2.11 bits per heavy atom. The van der Waals surface area contributed by atoms with Gasteiger partial charge in [0.15, 0.2) is 0 Å². The Bertz CT molecular complexity index is 665. The van der Waals surface area contributed by atoms with Crippen molar-refractivity contribution >= 4 is 34.6 Å². The van der Waals surface area contributed by atoms with Crippen LogP contribution in [-0.4, -0.2) is 27.5 Å². The molecule has 0 unspecified atom stereocenters. The summed E-state index contributed by atoms with van der Waals surface area (Å²) < 4.78 is 0. The van der Waals surface area contributed by atoms with E-state index in [2.05, 4.69) is 25.3 Å². The molecule has 2 heterocycles. The van der Waals surface area contributed by atoms with E-state index in [0.29, 0.717) is 24.7 Å².